The van der Waals surface area contributed by atoms with E-state index in [1.54, 1.807) is 19.9 Å². The highest BCUT2D eigenvalue weighted by atomic mass is 32.2. The van der Waals surface area contributed by atoms with Crippen LogP contribution in [0.25, 0.3) is 0 Å². The van der Waals surface area contributed by atoms with Crippen molar-refractivity contribution in [2.45, 2.75) is 30.2 Å². The van der Waals surface area contributed by atoms with Crippen LogP contribution in [-0.4, -0.2) is 15.0 Å². The Bertz CT molecular complexity index is 640. The summed E-state index contributed by atoms with van der Waals surface area (Å²) in [4.78, 5) is 12.3. The number of halogens is 3. The summed E-state index contributed by atoms with van der Waals surface area (Å²) in [6.45, 7) is 3.57. The van der Waals surface area contributed by atoms with E-state index in [1.807, 2.05) is 0 Å². The summed E-state index contributed by atoms with van der Waals surface area (Å²) in [5.74, 6) is 5.08. The number of nitrogens with two attached hydrogens (primary N) is 1. The van der Waals surface area contributed by atoms with Gasteiger partial charge in [-0.15, -0.1) is 0 Å². The van der Waals surface area contributed by atoms with Gasteiger partial charge in [0.1, 0.15) is 10.8 Å². The summed E-state index contributed by atoms with van der Waals surface area (Å²) in [5.41, 5.74) is 2.75. The maximum atomic E-state index is 12.8. The molecule has 112 valence electrons. The van der Waals surface area contributed by atoms with Gasteiger partial charge < -0.3 is 5.43 Å². The van der Waals surface area contributed by atoms with Crippen LogP contribution in [0.3, 0.4) is 0 Å². The van der Waals surface area contributed by atoms with Crippen LogP contribution in [0.4, 0.5) is 19.0 Å². The molecular formula is C12H12F3N5S. The van der Waals surface area contributed by atoms with Crippen LogP contribution in [0.5, 0.6) is 0 Å². The molecule has 0 fully saturated rings. The molecule has 0 aliphatic carbocycles. The van der Waals surface area contributed by atoms with E-state index in [-0.39, 0.29) is 10.8 Å². The van der Waals surface area contributed by atoms with Crippen LogP contribution in [0.2, 0.25) is 0 Å². The molecule has 0 radical (unpaired) electrons. The Hall–Kier alpha value is -1.87. The van der Waals surface area contributed by atoms with Gasteiger partial charge in [-0.3, -0.25) is 0 Å². The lowest BCUT2D eigenvalue weighted by molar-refractivity contribution is -0.137. The molecule has 0 spiro atoms. The van der Waals surface area contributed by atoms with Gasteiger partial charge in [0.05, 0.1) is 5.56 Å². The molecule has 3 N–H and O–H groups in total. The number of nitrogens with zero attached hydrogens (tertiary/aromatic N) is 3. The molecule has 9 heteroatoms. The van der Waals surface area contributed by atoms with Crippen molar-refractivity contribution in [1.29, 1.82) is 0 Å². The molecule has 2 heterocycles. The molecule has 2 rings (SSSR count). The zero-order valence-electron chi connectivity index (χ0n) is 11.2. The first-order valence-electron chi connectivity index (χ1n) is 5.84. The number of alkyl halides is 3. The highest BCUT2D eigenvalue weighted by Gasteiger charge is 2.31. The summed E-state index contributed by atoms with van der Waals surface area (Å²) in [6, 6.07) is 3.55. The quantitative estimate of drug-likeness (QED) is 0.515. The maximum Gasteiger partial charge on any atom is 0.416 e. The first-order valence-corrected chi connectivity index (χ1v) is 6.65. The fraction of sp³-hybridized carbons (Fsp3) is 0.250. The SMILES string of the molecule is Cc1cc(C)nc(Sc2cc(C(F)(F)F)cc(NN)n2)n1. The fourth-order valence-corrected chi connectivity index (χ4v) is 2.52. The van der Waals surface area contributed by atoms with E-state index in [2.05, 4.69) is 20.4 Å². The minimum absolute atomic E-state index is 0.0725. The minimum Gasteiger partial charge on any atom is -0.308 e. The van der Waals surface area contributed by atoms with Crippen LogP contribution in [-0.2, 0) is 6.18 Å². The Morgan fingerprint density at radius 3 is 2.19 bits per heavy atom. The molecule has 2 aromatic heterocycles. The van der Waals surface area contributed by atoms with E-state index in [4.69, 9.17) is 5.84 Å². The number of hydrogen-bond donors (Lipinski definition) is 2. The Balaban J connectivity index is 2.39. The smallest absolute Gasteiger partial charge is 0.308 e. The van der Waals surface area contributed by atoms with E-state index < -0.39 is 11.7 Å². The second-order valence-corrected chi connectivity index (χ2v) is 5.24. The molecular weight excluding hydrogens is 303 g/mol. The van der Waals surface area contributed by atoms with Gasteiger partial charge in [0.25, 0.3) is 0 Å². The number of aryl methyl sites for hydroxylation is 2. The van der Waals surface area contributed by atoms with Crippen molar-refractivity contribution in [1.82, 2.24) is 15.0 Å². The Morgan fingerprint density at radius 1 is 1.05 bits per heavy atom. The third-order valence-corrected chi connectivity index (χ3v) is 3.22. The molecule has 2 aromatic rings. The normalized spacial score (nSPS) is 11.5. The lowest BCUT2D eigenvalue weighted by atomic mass is 10.2. The third kappa shape index (κ3) is 4.05. The molecule has 0 amide bonds. The van der Waals surface area contributed by atoms with Crippen LogP contribution >= 0.6 is 11.8 Å². The van der Waals surface area contributed by atoms with Crippen molar-refractivity contribution in [2.24, 2.45) is 5.84 Å². The van der Waals surface area contributed by atoms with Gasteiger partial charge in [-0.05, 0) is 43.8 Å². The van der Waals surface area contributed by atoms with E-state index in [0.717, 1.165) is 35.3 Å². The molecule has 0 saturated carbocycles. The van der Waals surface area contributed by atoms with Gasteiger partial charge in [-0.1, -0.05) is 0 Å². The van der Waals surface area contributed by atoms with Gasteiger partial charge in [0, 0.05) is 11.4 Å². The number of pyridine rings is 1. The number of hydrogen-bond acceptors (Lipinski definition) is 6. The number of anilines is 1. The van der Waals surface area contributed by atoms with E-state index >= 15 is 0 Å². The van der Waals surface area contributed by atoms with Crippen LogP contribution < -0.4 is 11.3 Å². The number of nitrogens with one attached hydrogen (secondary N) is 1. The van der Waals surface area contributed by atoms with Crippen molar-refractivity contribution in [2.75, 3.05) is 5.43 Å². The highest BCUT2D eigenvalue weighted by Crippen LogP contribution is 2.34. The second-order valence-electron chi connectivity index (χ2n) is 4.26. The molecule has 0 saturated heterocycles. The summed E-state index contributed by atoms with van der Waals surface area (Å²) in [7, 11) is 0. The largest absolute Gasteiger partial charge is 0.416 e. The number of rotatable bonds is 3. The first kappa shape index (κ1) is 15.5. The molecule has 21 heavy (non-hydrogen) atoms. The second kappa shape index (κ2) is 5.86. The van der Waals surface area contributed by atoms with Crippen molar-refractivity contribution < 1.29 is 13.2 Å². The molecule has 5 nitrogen and oxygen atoms in total. The molecule has 0 aliphatic heterocycles. The average Bonchev–Trinajstić information content (AvgIpc) is 2.36. The number of aromatic nitrogens is 3. The molecule has 0 bridgehead atoms. The summed E-state index contributed by atoms with van der Waals surface area (Å²) < 4.78 is 38.4. The van der Waals surface area contributed by atoms with Gasteiger partial charge >= 0.3 is 6.18 Å². The van der Waals surface area contributed by atoms with Gasteiger partial charge in [-0.25, -0.2) is 20.8 Å². The zero-order chi connectivity index (χ0) is 15.6. The van der Waals surface area contributed by atoms with Crippen LogP contribution in [0, 0.1) is 13.8 Å². The number of hydrazine groups is 1. The van der Waals surface area contributed by atoms with Crippen molar-refractivity contribution >= 4 is 17.6 Å². The van der Waals surface area contributed by atoms with Gasteiger partial charge in [-0.2, -0.15) is 13.2 Å². The predicted octanol–water partition coefficient (Wildman–Crippen LogP) is 2.94. The fourth-order valence-electron chi connectivity index (χ4n) is 1.63. The van der Waals surface area contributed by atoms with Crippen LogP contribution in [0.15, 0.2) is 28.4 Å². The Labute approximate surface area is 123 Å². The molecule has 0 aromatic carbocycles. The van der Waals surface area contributed by atoms with Crippen molar-refractivity contribution in [3.63, 3.8) is 0 Å². The lowest BCUT2D eigenvalue weighted by Gasteiger charge is -2.10. The Morgan fingerprint density at radius 2 is 1.67 bits per heavy atom. The van der Waals surface area contributed by atoms with E-state index in [1.165, 1.54) is 0 Å². The standard InChI is InChI=1S/C12H12F3N5S/c1-6-3-7(2)18-11(17-6)21-10-5-8(12(13,14)15)4-9(19-10)20-16/h3-5H,16H2,1-2H3,(H,19,20). The van der Waals surface area contributed by atoms with Crippen molar-refractivity contribution in [3.8, 4) is 0 Å². The average molecular weight is 315 g/mol. The van der Waals surface area contributed by atoms with Gasteiger partial charge in [0.15, 0.2) is 5.16 Å². The van der Waals surface area contributed by atoms with Gasteiger partial charge in [0.2, 0.25) is 0 Å². The topological polar surface area (TPSA) is 76.7 Å². The highest BCUT2D eigenvalue weighted by molar-refractivity contribution is 7.99. The molecule has 0 atom stereocenters. The number of nitrogen functional groups attached to an aromatic ring is 1. The van der Waals surface area contributed by atoms with E-state index in [9.17, 15) is 13.2 Å². The molecule has 0 aliphatic rings. The summed E-state index contributed by atoms with van der Waals surface area (Å²) >= 11 is 0.947. The predicted molar refractivity (Wildman–Crippen MR) is 72.7 cm³/mol. The van der Waals surface area contributed by atoms with E-state index in [0.29, 0.717) is 5.16 Å². The minimum atomic E-state index is -4.48. The zero-order valence-corrected chi connectivity index (χ0v) is 12.0. The summed E-state index contributed by atoms with van der Waals surface area (Å²) in [5, 5.41) is 0.449. The van der Waals surface area contributed by atoms with Crippen molar-refractivity contribution in [3.05, 3.63) is 35.2 Å². The van der Waals surface area contributed by atoms with Crippen LogP contribution in [0.1, 0.15) is 17.0 Å². The lowest BCUT2D eigenvalue weighted by Crippen LogP contribution is -2.12. The first-order chi connectivity index (χ1) is 9.77. The monoisotopic (exact) mass is 315 g/mol. The third-order valence-electron chi connectivity index (χ3n) is 2.43. The molecule has 0 unspecified atom stereocenters. The summed E-state index contributed by atoms with van der Waals surface area (Å²) in [6.07, 6.45) is -4.48. The maximum absolute atomic E-state index is 12.8. The Kier molecular flexibility index (Phi) is 4.33.